The molecule has 0 saturated heterocycles. The Hall–Kier alpha value is -1.11. The van der Waals surface area contributed by atoms with E-state index in [0.29, 0.717) is 24.5 Å². The van der Waals surface area contributed by atoms with Crippen LogP contribution in [0.3, 0.4) is 0 Å². The first-order valence-electron chi connectivity index (χ1n) is 5.46. The Morgan fingerprint density at radius 1 is 1.44 bits per heavy atom. The lowest BCUT2D eigenvalue weighted by atomic mass is 10.2. The quantitative estimate of drug-likeness (QED) is 0.838. The molecule has 1 aromatic carbocycles. The third-order valence-electron chi connectivity index (χ3n) is 2.34. The fraction of sp³-hybridized carbons (Fsp3) is 0.417. The number of hydrogen-bond acceptors (Lipinski definition) is 4. The summed E-state index contributed by atoms with van der Waals surface area (Å²) in [5.41, 5.74) is 6.36. The molecule has 1 amide bonds. The van der Waals surface area contributed by atoms with E-state index in [9.17, 15) is 4.79 Å². The number of carbonyl (C=O) groups excluding carboxylic acids is 1. The van der Waals surface area contributed by atoms with Crippen molar-refractivity contribution in [2.75, 3.05) is 26.1 Å². The van der Waals surface area contributed by atoms with Crippen molar-refractivity contribution >= 4 is 27.5 Å². The van der Waals surface area contributed by atoms with E-state index in [0.717, 1.165) is 4.47 Å². The summed E-state index contributed by atoms with van der Waals surface area (Å²) < 4.78 is 10.8. The molecule has 1 unspecified atom stereocenters. The third-order valence-corrected chi connectivity index (χ3v) is 2.80. The maximum absolute atomic E-state index is 11.8. The number of hydrogen-bond donors (Lipinski definition) is 2. The van der Waals surface area contributed by atoms with Gasteiger partial charge in [-0.15, -0.1) is 0 Å². The predicted octanol–water partition coefficient (Wildman–Crippen LogP) is 1.76. The molecule has 0 fully saturated rings. The number of ether oxygens (including phenoxy) is 2. The third kappa shape index (κ3) is 4.64. The van der Waals surface area contributed by atoms with E-state index in [2.05, 4.69) is 21.2 Å². The molecule has 0 heterocycles. The molecule has 5 nitrogen and oxygen atoms in total. The van der Waals surface area contributed by atoms with Gasteiger partial charge in [0.15, 0.2) is 0 Å². The molecule has 0 bridgehead atoms. The van der Waals surface area contributed by atoms with Crippen molar-refractivity contribution in [1.82, 2.24) is 0 Å². The van der Waals surface area contributed by atoms with Crippen LogP contribution < -0.4 is 15.8 Å². The van der Waals surface area contributed by atoms with Crippen LogP contribution in [0, 0.1) is 0 Å². The van der Waals surface area contributed by atoms with Gasteiger partial charge in [-0.2, -0.15) is 0 Å². The van der Waals surface area contributed by atoms with E-state index in [1.807, 2.05) is 0 Å². The summed E-state index contributed by atoms with van der Waals surface area (Å²) in [4.78, 5) is 11.8. The highest BCUT2D eigenvalue weighted by Gasteiger charge is 2.13. The SMILES string of the molecule is COCCC(N)C(=O)Nc1cc(Br)cc(OC)c1. The van der Waals surface area contributed by atoms with E-state index in [4.69, 9.17) is 15.2 Å². The largest absolute Gasteiger partial charge is 0.497 e. The molecule has 0 aliphatic rings. The minimum atomic E-state index is -0.588. The highest BCUT2D eigenvalue weighted by Crippen LogP contribution is 2.24. The van der Waals surface area contributed by atoms with Crippen molar-refractivity contribution in [2.45, 2.75) is 12.5 Å². The van der Waals surface area contributed by atoms with Gasteiger partial charge in [0.2, 0.25) is 5.91 Å². The van der Waals surface area contributed by atoms with E-state index in [1.165, 1.54) is 0 Å². The maximum atomic E-state index is 11.8. The van der Waals surface area contributed by atoms with Gasteiger partial charge in [0.1, 0.15) is 5.75 Å². The molecule has 0 aromatic heterocycles. The molecule has 6 heteroatoms. The molecule has 1 aromatic rings. The van der Waals surface area contributed by atoms with Crippen molar-refractivity contribution in [2.24, 2.45) is 5.73 Å². The van der Waals surface area contributed by atoms with E-state index in [-0.39, 0.29) is 5.91 Å². The molecule has 0 spiro atoms. The Labute approximate surface area is 115 Å². The molecule has 100 valence electrons. The van der Waals surface area contributed by atoms with Crippen LogP contribution in [0.15, 0.2) is 22.7 Å². The molecule has 18 heavy (non-hydrogen) atoms. The predicted molar refractivity (Wildman–Crippen MR) is 73.8 cm³/mol. The Balaban J connectivity index is 2.66. The minimum absolute atomic E-state index is 0.243. The average molecular weight is 317 g/mol. The zero-order valence-corrected chi connectivity index (χ0v) is 12.0. The lowest BCUT2D eigenvalue weighted by Gasteiger charge is -2.12. The normalized spacial score (nSPS) is 12.0. The van der Waals surface area contributed by atoms with Crippen LogP contribution in [0.25, 0.3) is 0 Å². The Morgan fingerprint density at radius 3 is 2.78 bits per heavy atom. The highest BCUT2D eigenvalue weighted by atomic mass is 79.9. The van der Waals surface area contributed by atoms with E-state index >= 15 is 0 Å². The lowest BCUT2D eigenvalue weighted by Crippen LogP contribution is -2.36. The molecule has 1 rings (SSSR count). The molecular formula is C12H17BrN2O3. The number of nitrogens with one attached hydrogen (secondary N) is 1. The van der Waals surface area contributed by atoms with Crippen LogP contribution in [0.4, 0.5) is 5.69 Å². The maximum Gasteiger partial charge on any atom is 0.241 e. The van der Waals surface area contributed by atoms with E-state index in [1.54, 1.807) is 32.4 Å². The summed E-state index contributed by atoms with van der Waals surface area (Å²) in [7, 11) is 3.14. The molecule has 0 radical (unpaired) electrons. The number of methoxy groups -OCH3 is 2. The van der Waals surface area contributed by atoms with Gasteiger partial charge < -0.3 is 20.5 Å². The van der Waals surface area contributed by atoms with Crippen molar-refractivity contribution in [3.63, 3.8) is 0 Å². The molecular weight excluding hydrogens is 300 g/mol. The second kappa shape index (κ2) is 7.35. The number of amides is 1. The summed E-state index contributed by atoms with van der Waals surface area (Å²) in [5.74, 6) is 0.414. The average Bonchev–Trinajstić information content (AvgIpc) is 2.34. The van der Waals surface area contributed by atoms with Gasteiger partial charge in [0.05, 0.1) is 13.2 Å². The summed E-state index contributed by atoms with van der Waals surface area (Å²) in [6.45, 7) is 0.455. The molecule has 0 aliphatic heterocycles. The fourth-order valence-corrected chi connectivity index (χ4v) is 1.84. The lowest BCUT2D eigenvalue weighted by molar-refractivity contribution is -0.117. The van der Waals surface area contributed by atoms with Crippen molar-refractivity contribution in [3.8, 4) is 5.75 Å². The second-order valence-electron chi connectivity index (χ2n) is 3.76. The van der Waals surface area contributed by atoms with Gasteiger partial charge in [-0.3, -0.25) is 4.79 Å². The molecule has 1 atom stereocenters. The van der Waals surface area contributed by atoms with Crippen molar-refractivity contribution in [1.29, 1.82) is 0 Å². The zero-order chi connectivity index (χ0) is 13.5. The second-order valence-corrected chi connectivity index (χ2v) is 4.67. The van der Waals surface area contributed by atoms with Crippen LogP contribution in [0.1, 0.15) is 6.42 Å². The van der Waals surface area contributed by atoms with Crippen LogP contribution in [0.5, 0.6) is 5.75 Å². The monoisotopic (exact) mass is 316 g/mol. The number of carbonyl (C=O) groups is 1. The summed E-state index contributed by atoms with van der Waals surface area (Å²) in [6.07, 6.45) is 0.480. The van der Waals surface area contributed by atoms with Gasteiger partial charge in [0.25, 0.3) is 0 Å². The summed E-state index contributed by atoms with van der Waals surface area (Å²) in [6, 6.07) is 4.73. The number of benzene rings is 1. The number of anilines is 1. The first-order chi connectivity index (χ1) is 8.56. The fourth-order valence-electron chi connectivity index (χ4n) is 1.36. The Bertz CT molecular complexity index is 412. The van der Waals surface area contributed by atoms with E-state index < -0.39 is 6.04 Å². The summed E-state index contributed by atoms with van der Waals surface area (Å²) in [5, 5.41) is 2.74. The first kappa shape index (κ1) is 14.9. The Kier molecular flexibility index (Phi) is 6.11. The minimum Gasteiger partial charge on any atom is -0.497 e. The smallest absolute Gasteiger partial charge is 0.241 e. The number of rotatable bonds is 6. The van der Waals surface area contributed by atoms with Crippen LogP contribution in [0.2, 0.25) is 0 Å². The molecule has 0 aliphatic carbocycles. The molecule has 0 saturated carbocycles. The summed E-state index contributed by atoms with van der Waals surface area (Å²) >= 11 is 3.34. The van der Waals surface area contributed by atoms with Gasteiger partial charge in [-0.1, -0.05) is 15.9 Å². The zero-order valence-electron chi connectivity index (χ0n) is 10.4. The van der Waals surface area contributed by atoms with Gasteiger partial charge in [-0.25, -0.2) is 0 Å². The van der Waals surface area contributed by atoms with Crippen LogP contribution in [-0.4, -0.2) is 32.8 Å². The number of nitrogens with two attached hydrogens (primary N) is 1. The van der Waals surface area contributed by atoms with Gasteiger partial charge in [0, 0.05) is 29.9 Å². The topological polar surface area (TPSA) is 73.6 Å². The molecule has 3 N–H and O–H groups in total. The number of halogens is 1. The van der Waals surface area contributed by atoms with Crippen molar-refractivity contribution in [3.05, 3.63) is 22.7 Å². The van der Waals surface area contributed by atoms with Crippen LogP contribution in [-0.2, 0) is 9.53 Å². The highest BCUT2D eigenvalue weighted by molar-refractivity contribution is 9.10. The van der Waals surface area contributed by atoms with Gasteiger partial charge >= 0.3 is 0 Å². The van der Waals surface area contributed by atoms with Crippen LogP contribution >= 0.6 is 15.9 Å². The first-order valence-corrected chi connectivity index (χ1v) is 6.26. The van der Waals surface area contributed by atoms with Gasteiger partial charge in [-0.05, 0) is 18.6 Å². The Morgan fingerprint density at radius 2 is 2.17 bits per heavy atom. The standard InChI is InChI=1S/C12H17BrN2O3/c1-17-4-3-11(14)12(16)15-9-5-8(13)6-10(7-9)18-2/h5-7,11H,3-4,14H2,1-2H3,(H,15,16). The van der Waals surface area contributed by atoms with Crippen molar-refractivity contribution < 1.29 is 14.3 Å².